The molecule has 0 aliphatic rings. The van der Waals surface area contributed by atoms with Crippen LogP contribution in [0.3, 0.4) is 0 Å². The summed E-state index contributed by atoms with van der Waals surface area (Å²) in [5, 5.41) is 5.41. The predicted molar refractivity (Wildman–Crippen MR) is 148 cm³/mol. The Morgan fingerprint density at radius 2 is 1.71 bits per heavy atom. The average molecular weight is 509 g/mol. The van der Waals surface area contributed by atoms with E-state index in [4.69, 9.17) is 4.98 Å². The first-order valence-corrected chi connectivity index (χ1v) is 19.7. The van der Waals surface area contributed by atoms with Crippen molar-refractivity contribution in [2.45, 2.75) is 51.4 Å². The van der Waals surface area contributed by atoms with Crippen LogP contribution in [0.1, 0.15) is 31.9 Å². The summed E-state index contributed by atoms with van der Waals surface area (Å²) in [6.45, 7) is 9.26. The van der Waals surface area contributed by atoms with Gasteiger partial charge in [0.1, 0.15) is 0 Å². The first-order chi connectivity index (χ1) is 16.0. The van der Waals surface area contributed by atoms with Gasteiger partial charge < -0.3 is 0 Å². The summed E-state index contributed by atoms with van der Waals surface area (Å²) in [6, 6.07) is 16.4. The van der Waals surface area contributed by atoms with E-state index < -0.39 is 13.3 Å². The molecule has 3 aromatic heterocycles. The second-order valence-corrected chi connectivity index (χ2v) is 23.0. The minimum atomic E-state index is -2.09. The molecule has 0 saturated heterocycles. The zero-order valence-corrected chi connectivity index (χ0v) is 23.8. The standard InChI is InChI=1S/C30H34GeN3/c1-18-12-13-21-26-19(16-30(2,3)4)10-9-11-23(26)34-24-15-20(31(5,6)7)14-22-27(24)29(25(18)28(21)34)33(8)17-32-22/h9-15,17H,16H2,1-8H3/q+1. The first-order valence-electron chi connectivity index (χ1n) is 12.3. The van der Waals surface area contributed by atoms with Crippen LogP contribution in [-0.2, 0) is 13.5 Å². The van der Waals surface area contributed by atoms with E-state index in [1.54, 1.807) is 0 Å². The molecule has 0 N–H and O–H groups in total. The molecule has 0 radical (unpaired) electrons. The van der Waals surface area contributed by atoms with Crippen molar-refractivity contribution in [2.75, 3.05) is 0 Å². The van der Waals surface area contributed by atoms with Crippen LogP contribution in [0.2, 0.25) is 17.3 Å². The van der Waals surface area contributed by atoms with Gasteiger partial charge in [-0.2, -0.15) is 0 Å². The summed E-state index contributed by atoms with van der Waals surface area (Å²) in [4.78, 5) is 4.93. The molecule has 3 heterocycles. The monoisotopic (exact) mass is 510 g/mol. The normalized spacial score (nSPS) is 13.4. The van der Waals surface area contributed by atoms with Gasteiger partial charge >= 0.3 is 205 Å². The van der Waals surface area contributed by atoms with Gasteiger partial charge in [0.2, 0.25) is 0 Å². The minimum absolute atomic E-state index is 0.225. The van der Waals surface area contributed by atoms with E-state index in [-0.39, 0.29) is 5.41 Å². The summed E-state index contributed by atoms with van der Waals surface area (Å²) in [5.74, 6) is 7.43. The molecule has 0 amide bonds. The van der Waals surface area contributed by atoms with Crippen LogP contribution in [0.25, 0.3) is 49.1 Å². The van der Waals surface area contributed by atoms with Gasteiger partial charge in [-0.25, -0.2) is 0 Å². The molecule has 4 heteroatoms. The fourth-order valence-electron chi connectivity index (χ4n) is 5.85. The molecule has 0 aliphatic carbocycles. The van der Waals surface area contributed by atoms with Crippen molar-refractivity contribution < 1.29 is 4.57 Å². The van der Waals surface area contributed by atoms with E-state index >= 15 is 0 Å². The maximum absolute atomic E-state index is 4.93. The Morgan fingerprint density at radius 3 is 2.41 bits per heavy atom. The number of nitrogens with zero attached hydrogens (tertiary/aromatic N) is 3. The Labute approximate surface area is 204 Å². The van der Waals surface area contributed by atoms with Crippen LogP contribution in [0.15, 0.2) is 48.8 Å². The number of aryl methyl sites for hydroxylation is 2. The van der Waals surface area contributed by atoms with E-state index in [1.165, 1.54) is 59.1 Å². The number of benzene rings is 3. The van der Waals surface area contributed by atoms with E-state index in [1.807, 2.05) is 6.33 Å². The van der Waals surface area contributed by atoms with Crippen LogP contribution in [0.4, 0.5) is 0 Å². The van der Waals surface area contributed by atoms with Crippen molar-refractivity contribution in [1.82, 2.24) is 9.38 Å². The Bertz CT molecular complexity index is 1760. The molecule has 0 fully saturated rings. The molecule has 6 rings (SSSR count). The molecular formula is C30H34GeN3+. The number of aromatic nitrogens is 3. The van der Waals surface area contributed by atoms with Gasteiger partial charge in [0.25, 0.3) is 0 Å². The summed E-state index contributed by atoms with van der Waals surface area (Å²) in [7, 11) is 2.14. The van der Waals surface area contributed by atoms with E-state index in [2.05, 4.69) is 103 Å². The Morgan fingerprint density at radius 1 is 0.941 bits per heavy atom. The molecule has 0 atom stereocenters. The van der Waals surface area contributed by atoms with Crippen molar-refractivity contribution in [2.24, 2.45) is 12.5 Å². The van der Waals surface area contributed by atoms with Gasteiger partial charge in [-0.05, 0) is 0 Å². The molecule has 0 spiro atoms. The Hall–Kier alpha value is -2.66. The third-order valence-corrected chi connectivity index (χ3v) is 11.6. The van der Waals surface area contributed by atoms with Crippen molar-refractivity contribution >= 4 is 66.8 Å². The summed E-state index contributed by atoms with van der Waals surface area (Å²) >= 11 is -2.09. The Balaban J connectivity index is 1.97. The van der Waals surface area contributed by atoms with Crippen molar-refractivity contribution in [3.8, 4) is 0 Å². The molecule has 0 unspecified atom stereocenters. The molecule has 0 aliphatic heterocycles. The zero-order chi connectivity index (χ0) is 24.2. The van der Waals surface area contributed by atoms with E-state index in [0.29, 0.717) is 0 Å². The molecule has 172 valence electrons. The van der Waals surface area contributed by atoms with E-state index in [0.717, 1.165) is 11.9 Å². The van der Waals surface area contributed by atoms with Crippen LogP contribution in [-0.4, -0.2) is 22.7 Å². The molecule has 0 saturated carbocycles. The van der Waals surface area contributed by atoms with Crippen LogP contribution in [0, 0.1) is 12.3 Å². The topological polar surface area (TPSA) is 21.2 Å². The number of fused-ring (bicyclic) bond motifs is 5. The third-order valence-electron chi connectivity index (χ3n) is 7.37. The molecule has 3 aromatic carbocycles. The fraction of sp³-hybridized carbons (Fsp3) is 0.333. The first kappa shape index (κ1) is 21.8. The summed E-state index contributed by atoms with van der Waals surface area (Å²) < 4.78 is 6.29. The fourth-order valence-corrected chi connectivity index (χ4v) is 8.24. The maximum atomic E-state index is 4.93. The Kier molecular flexibility index (Phi) is 4.46. The van der Waals surface area contributed by atoms with Gasteiger partial charge in [0, 0.05) is 0 Å². The SMILES string of the molecule is Cc1ccc2c3c(CC(C)(C)C)cccc3n3c4c[c]([Ge]([CH3])([CH3])[CH3])cc5nc[n+](C)c(c1c23)c54. The zero-order valence-electron chi connectivity index (χ0n) is 21.7. The van der Waals surface area contributed by atoms with Gasteiger partial charge in [-0.1, -0.05) is 0 Å². The summed E-state index contributed by atoms with van der Waals surface area (Å²) in [6.07, 6.45) is 3.06. The van der Waals surface area contributed by atoms with Crippen molar-refractivity contribution in [3.63, 3.8) is 0 Å². The van der Waals surface area contributed by atoms with Crippen LogP contribution >= 0.6 is 0 Å². The van der Waals surface area contributed by atoms with Crippen molar-refractivity contribution in [1.29, 1.82) is 0 Å². The van der Waals surface area contributed by atoms with E-state index in [9.17, 15) is 0 Å². The van der Waals surface area contributed by atoms with Gasteiger partial charge in [0.05, 0.1) is 0 Å². The van der Waals surface area contributed by atoms with Gasteiger partial charge in [-0.15, -0.1) is 0 Å². The number of rotatable bonds is 2. The average Bonchev–Trinajstić information content (AvgIpc) is 3.08. The van der Waals surface area contributed by atoms with Crippen LogP contribution < -0.4 is 8.96 Å². The number of hydrogen-bond acceptors (Lipinski definition) is 1. The molecule has 0 bridgehead atoms. The predicted octanol–water partition coefficient (Wildman–Crippen LogP) is 6.65. The number of hydrogen-bond donors (Lipinski definition) is 0. The molecular weight excluding hydrogens is 475 g/mol. The molecule has 6 aromatic rings. The number of pyridine rings is 1. The molecule has 34 heavy (non-hydrogen) atoms. The quantitative estimate of drug-likeness (QED) is 0.111. The molecule has 3 nitrogen and oxygen atoms in total. The summed E-state index contributed by atoms with van der Waals surface area (Å²) in [5.41, 5.74) is 9.38. The van der Waals surface area contributed by atoms with Gasteiger partial charge in [-0.3, -0.25) is 0 Å². The second kappa shape index (κ2) is 6.94. The second-order valence-electron chi connectivity index (χ2n) is 12.4. The van der Waals surface area contributed by atoms with Crippen molar-refractivity contribution in [3.05, 3.63) is 59.9 Å². The van der Waals surface area contributed by atoms with Gasteiger partial charge in [0.15, 0.2) is 0 Å². The third kappa shape index (κ3) is 3.02. The van der Waals surface area contributed by atoms with Crippen LogP contribution in [0.5, 0.6) is 0 Å².